The minimum absolute atomic E-state index is 0.274. The van der Waals surface area contributed by atoms with Crippen molar-refractivity contribution >= 4 is 33.7 Å². The second-order valence-corrected chi connectivity index (χ2v) is 7.63. The fourth-order valence-electron chi connectivity index (χ4n) is 3.89. The Labute approximate surface area is 168 Å². The molecule has 7 nitrogen and oxygen atoms in total. The molecule has 0 bridgehead atoms. The van der Waals surface area contributed by atoms with Crippen molar-refractivity contribution in [2.75, 3.05) is 29.9 Å². The summed E-state index contributed by atoms with van der Waals surface area (Å²) in [5.74, 6) is 2.05. The maximum atomic E-state index is 9.33. The molecule has 7 heteroatoms. The number of rotatable bonds is 5. The molecule has 0 unspecified atom stereocenters. The summed E-state index contributed by atoms with van der Waals surface area (Å²) in [6.07, 6.45) is 5.69. The molecular weight excluding hydrogens is 364 g/mol. The van der Waals surface area contributed by atoms with Gasteiger partial charge in [-0.2, -0.15) is 0 Å². The van der Waals surface area contributed by atoms with Gasteiger partial charge in [-0.15, -0.1) is 0 Å². The van der Waals surface area contributed by atoms with Gasteiger partial charge in [0.1, 0.15) is 17.2 Å². The molecule has 1 aliphatic heterocycles. The lowest BCUT2D eigenvalue weighted by atomic mass is 9.98. The van der Waals surface area contributed by atoms with Crippen molar-refractivity contribution in [1.29, 1.82) is 0 Å². The third-order valence-electron chi connectivity index (χ3n) is 5.68. The van der Waals surface area contributed by atoms with Crippen LogP contribution < -0.4 is 10.2 Å². The third-order valence-corrected chi connectivity index (χ3v) is 5.68. The quantitative estimate of drug-likeness (QED) is 0.486. The standard InChI is InChI=1S/C22H24N6O/c29-14-15-6-9-28(10-7-15)21-4-3-18-22(27-21)26-20(13-24-18)25-12-16-1-2-17-5-8-23-19(17)11-16/h1-5,8,11,13,15,23,29H,6-7,9-10,12,14H2,(H,25,26,27). The lowest BCUT2D eigenvalue weighted by Gasteiger charge is -2.31. The number of anilines is 2. The van der Waals surface area contributed by atoms with Crippen molar-refractivity contribution in [2.24, 2.45) is 5.92 Å². The zero-order valence-corrected chi connectivity index (χ0v) is 16.2. The van der Waals surface area contributed by atoms with Gasteiger partial charge in [0.2, 0.25) is 0 Å². The summed E-state index contributed by atoms with van der Waals surface area (Å²) in [5.41, 5.74) is 3.74. The molecule has 3 aromatic heterocycles. The van der Waals surface area contributed by atoms with Crippen LogP contribution in [-0.2, 0) is 6.54 Å². The molecule has 0 aliphatic carbocycles. The van der Waals surface area contributed by atoms with E-state index in [9.17, 15) is 5.11 Å². The molecular formula is C22H24N6O. The number of pyridine rings is 1. The maximum Gasteiger partial charge on any atom is 0.182 e. The molecule has 3 N–H and O–H groups in total. The predicted molar refractivity (Wildman–Crippen MR) is 115 cm³/mol. The van der Waals surface area contributed by atoms with Crippen molar-refractivity contribution in [2.45, 2.75) is 19.4 Å². The molecule has 0 radical (unpaired) electrons. The Morgan fingerprint density at radius 2 is 2.00 bits per heavy atom. The number of hydrogen-bond acceptors (Lipinski definition) is 6. The van der Waals surface area contributed by atoms with Gasteiger partial charge >= 0.3 is 0 Å². The summed E-state index contributed by atoms with van der Waals surface area (Å²) in [6.45, 7) is 2.77. The van der Waals surface area contributed by atoms with E-state index in [2.05, 4.69) is 49.4 Å². The van der Waals surface area contributed by atoms with Crippen LogP contribution >= 0.6 is 0 Å². The Balaban J connectivity index is 1.32. The number of hydrogen-bond donors (Lipinski definition) is 3. The van der Waals surface area contributed by atoms with E-state index in [1.54, 1.807) is 6.20 Å². The first kappa shape index (κ1) is 17.9. The fourth-order valence-corrected chi connectivity index (χ4v) is 3.89. The minimum atomic E-state index is 0.274. The van der Waals surface area contributed by atoms with Crippen molar-refractivity contribution in [3.8, 4) is 0 Å². The molecule has 4 aromatic rings. The van der Waals surface area contributed by atoms with E-state index >= 15 is 0 Å². The Kier molecular flexibility index (Phi) is 4.73. The fraction of sp³-hybridized carbons (Fsp3) is 0.318. The highest BCUT2D eigenvalue weighted by molar-refractivity contribution is 5.80. The van der Waals surface area contributed by atoms with Gasteiger partial charge in [-0.25, -0.2) is 15.0 Å². The van der Waals surface area contributed by atoms with Crippen LogP contribution in [0.15, 0.2) is 48.8 Å². The van der Waals surface area contributed by atoms with Gasteiger partial charge in [0.05, 0.1) is 6.20 Å². The summed E-state index contributed by atoms with van der Waals surface area (Å²) < 4.78 is 0. The summed E-state index contributed by atoms with van der Waals surface area (Å²) in [6, 6.07) is 12.4. The van der Waals surface area contributed by atoms with E-state index in [1.165, 1.54) is 10.9 Å². The lowest BCUT2D eigenvalue weighted by Crippen LogP contribution is -2.35. The number of piperidine rings is 1. The number of aromatic nitrogens is 4. The van der Waals surface area contributed by atoms with E-state index in [0.717, 1.165) is 42.8 Å². The average Bonchev–Trinajstić information content (AvgIpc) is 3.25. The molecule has 1 saturated heterocycles. The molecule has 4 heterocycles. The Hall–Kier alpha value is -3.19. The summed E-state index contributed by atoms with van der Waals surface area (Å²) in [5, 5.41) is 13.9. The van der Waals surface area contributed by atoms with Crippen LogP contribution in [0.4, 0.5) is 11.6 Å². The van der Waals surface area contributed by atoms with Gasteiger partial charge in [-0.05, 0) is 54.0 Å². The highest BCUT2D eigenvalue weighted by atomic mass is 16.3. The molecule has 29 heavy (non-hydrogen) atoms. The van der Waals surface area contributed by atoms with Crippen LogP contribution in [0.2, 0.25) is 0 Å². The average molecular weight is 388 g/mol. The van der Waals surface area contributed by atoms with Crippen molar-refractivity contribution < 1.29 is 5.11 Å². The Bertz CT molecular complexity index is 1130. The van der Waals surface area contributed by atoms with Crippen LogP contribution in [0, 0.1) is 5.92 Å². The number of fused-ring (bicyclic) bond motifs is 2. The van der Waals surface area contributed by atoms with E-state index in [0.29, 0.717) is 23.9 Å². The first-order valence-electron chi connectivity index (χ1n) is 10.1. The van der Waals surface area contributed by atoms with Crippen molar-refractivity contribution in [1.82, 2.24) is 19.9 Å². The number of nitrogens with one attached hydrogen (secondary N) is 2. The first-order valence-corrected chi connectivity index (χ1v) is 10.1. The maximum absolute atomic E-state index is 9.33. The number of H-pyrrole nitrogens is 1. The van der Waals surface area contributed by atoms with E-state index in [-0.39, 0.29) is 6.61 Å². The molecule has 0 spiro atoms. The van der Waals surface area contributed by atoms with Crippen LogP contribution in [0.25, 0.3) is 22.1 Å². The van der Waals surface area contributed by atoms with Crippen molar-refractivity contribution in [3.63, 3.8) is 0 Å². The van der Waals surface area contributed by atoms with Crippen molar-refractivity contribution in [3.05, 3.63) is 54.4 Å². The van der Waals surface area contributed by atoms with Gasteiger partial charge in [0, 0.05) is 38.0 Å². The molecule has 1 fully saturated rings. The molecule has 0 atom stereocenters. The Morgan fingerprint density at radius 3 is 2.86 bits per heavy atom. The zero-order chi connectivity index (χ0) is 19.6. The van der Waals surface area contributed by atoms with Crippen LogP contribution in [-0.4, -0.2) is 44.7 Å². The normalized spacial score (nSPS) is 15.3. The topological polar surface area (TPSA) is 90.0 Å². The number of benzene rings is 1. The lowest BCUT2D eigenvalue weighted by molar-refractivity contribution is 0.203. The zero-order valence-electron chi connectivity index (χ0n) is 16.2. The number of nitrogens with zero attached hydrogens (tertiary/aromatic N) is 4. The smallest absolute Gasteiger partial charge is 0.182 e. The highest BCUT2D eigenvalue weighted by Crippen LogP contribution is 2.23. The van der Waals surface area contributed by atoms with E-state index in [4.69, 9.17) is 4.98 Å². The van der Waals surface area contributed by atoms with Gasteiger partial charge in [0.15, 0.2) is 5.65 Å². The SMILES string of the molecule is OCC1CCN(c2ccc3ncc(NCc4ccc5cc[nH]c5c4)nc3n2)CC1. The summed E-state index contributed by atoms with van der Waals surface area (Å²) in [7, 11) is 0. The summed E-state index contributed by atoms with van der Waals surface area (Å²) >= 11 is 0. The molecule has 148 valence electrons. The molecule has 5 rings (SSSR count). The van der Waals surface area contributed by atoms with Gasteiger partial charge < -0.3 is 20.3 Å². The summed E-state index contributed by atoms with van der Waals surface area (Å²) in [4.78, 5) is 19.4. The van der Waals surface area contributed by atoms with Gasteiger partial charge in [-0.1, -0.05) is 12.1 Å². The van der Waals surface area contributed by atoms with Crippen LogP contribution in [0.5, 0.6) is 0 Å². The minimum Gasteiger partial charge on any atom is -0.396 e. The highest BCUT2D eigenvalue weighted by Gasteiger charge is 2.19. The monoisotopic (exact) mass is 388 g/mol. The second kappa shape index (κ2) is 7.67. The third kappa shape index (κ3) is 3.73. The van der Waals surface area contributed by atoms with E-state index < -0.39 is 0 Å². The van der Waals surface area contributed by atoms with Crippen LogP contribution in [0.3, 0.4) is 0 Å². The second-order valence-electron chi connectivity index (χ2n) is 7.63. The predicted octanol–water partition coefficient (Wildman–Crippen LogP) is 3.33. The largest absolute Gasteiger partial charge is 0.396 e. The number of aromatic amines is 1. The molecule has 0 saturated carbocycles. The molecule has 1 aromatic carbocycles. The van der Waals surface area contributed by atoms with Crippen LogP contribution in [0.1, 0.15) is 18.4 Å². The molecule has 0 amide bonds. The Morgan fingerprint density at radius 1 is 1.10 bits per heavy atom. The van der Waals surface area contributed by atoms with Gasteiger partial charge in [0.25, 0.3) is 0 Å². The number of aliphatic hydroxyl groups is 1. The number of aliphatic hydroxyl groups excluding tert-OH is 1. The van der Waals surface area contributed by atoms with Gasteiger partial charge in [-0.3, -0.25) is 0 Å². The molecule has 1 aliphatic rings. The first-order chi connectivity index (χ1) is 14.3. The van der Waals surface area contributed by atoms with E-state index in [1.807, 2.05) is 18.3 Å².